The summed E-state index contributed by atoms with van der Waals surface area (Å²) in [6.07, 6.45) is 38.7. The number of hydrogen-bond donors (Lipinski definition) is 1. The van der Waals surface area contributed by atoms with Gasteiger partial charge in [-0.05, 0) is 57.8 Å². The molecule has 0 bridgehead atoms. The maximum absolute atomic E-state index is 12.6. The van der Waals surface area contributed by atoms with Crippen LogP contribution in [0.3, 0.4) is 0 Å². The van der Waals surface area contributed by atoms with E-state index in [4.69, 9.17) is 23.6 Å². The summed E-state index contributed by atoms with van der Waals surface area (Å²) in [5, 5.41) is 8.79. The van der Waals surface area contributed by atoms with Gasteiger partial charge in [0, 0.05) is 19.4 Å². The third-order valence-electron chi connectivity index (χ3n) is 8.66. The zero-order valence-electron chi connectivity index (χ0n) is 34.6. The van der Waals surface area contributed by atoms with Crippen molar-refractivity contribution < 1.29 is 47.2 Å². The lowest BCUT2D eigenvalue weighted by Crippen LogP contribution is -2.37. The summed E-state index contributed by atoms with van der Waals surface area (Å²) in [6, 6.07) is 0. The number of phosphoric acid groups is 1. The number of hydrogen-bond acceptors (Lipinski definition) is 9. The molecule has 0 aromatic rings. The second-order valence-electron chi connectivity index (χ2n) is 15.1. The molecule has 0 amide bonds. The topological polar surface area (TPSA) is 131 Å². The van der Waals surface area contributed by atoms with Crippen molar-refractivity contribution in [2.45, 2.75) is 161 Å². The molecule has 2 unspecified atom stereocenters. The van der Waals surface area contributed by atoms with Gasteiger partial charge in [0.25, 0.3) is 7.82 Å². The average Bonchev–Trinajstić information content (AvgIpc) is 3.12. The van der Waals surface area contributed by atoms with Crippen LogP contribution in [0.5, 0.6) is 0 Å². The summed E-state index contributed by atoms with van der Waals surface area (Å²) in [5.74, 6) is -0.916. The fraction of sp³-hybridized carbons (Fsp3) is 0.767. The Morgan fingerprint density at radius 3 is 1.65 bits per heavy atom. The van der Waals surface area contributed by atoms with E-state index in [0.29, 0.717) is 23.9 Å². The Morgan fingerprint density at radius 1 is 0.630 bits per heavy atom. The van der Waals surface area contributed by atoms with E-state index in [1.807, 2.05) is 27.2 Å². The molecule has 0 aromatic heterocycles. The lowest BCUT2D eigenvalue weighted by atomic mass is 10.0. The number of rotatable bonds is 38. The van der Waals surface area contributed by atoms with Crippen LogP contribution in [0, 0.1) is 0 Å². The van der Waals surface area contributed by atoms with Crippen molar-refractivity contribution in [2.24, 2.45) is 0 Å². The van der Waals surface area contributed by atoms with Gasteiger partial charge in [0.15, 0.2) is 6.10 Å². The first kappa shape index (κ1) is 51.9. The van der Waals surface area contributed by atoms with Gasteiger partial charge in [-0.2, -0.15) is 0 Å². The largest absolute Gasteiger partial charge is 0.756 e. The monoisotopic (exact) mass is 784 g/mol. The standard InChI is InChI=1S/C43H78NO9P/c1-5-6-7-8-9-10-11-19-22-25-28-31-34-42(46)50-39-41(40-52-54(48,49)51-38-36-44(2,3)4)53-43(47)35-32-29-26-23-20-17-15-13-12-14-16-18-21-24-27-30-33-37-45/h12,14-15,17-18,21,23,26,41,45H,5-11,13,16,19-20,22,24-25,27-40H2,1-4H3/b14-12-,17-15-,21-18-,26-23-. The van der Waals surface area contributed by atoms with E-state index in [-0.39, 0.29) is 32.7 Å². The predicted octanol–water partition coefficient (Wildman–Crippen LogP) is 9.86. The summed E-state index contributed by atoms with van der Waals surface area (Å²) >= 11 is 0. The second kappa shape index (κ2) is 36.6. The molecular formula is C43H78NO9P. The molecule has 314 valence electrons. The fourth-order valence-corrected chi connectivity index (χ4v) is 6.06. The van der Waals surface area contributed by atoms with Crippen LogP contribution in [-0.2, 0) is 32.7 Å². The minimum absolute atomic E-state index is 0.0465. The van der Waals surface area contributed by atoms with Crippen LogP contribution in [0.25, 0.3) is 0 Å². The van der Waals surface area contributed by atoms with E-state index in [2.05, 4.69) is 49.5 Å². The molecule has 0 heterocycles. The minimum Gasteiger partial charge on any atom is -0.756 e. The highest BCUT2D eigenvalue weighted by molar-refractivity contribution is 7.45. The smallest absolute Gasteiger partial charge is 0.306 e. The molecule has 0 aliphatic rings. The number of aliphatic hydroxyl groups is 1. The first-order chi connectivity index (χ1) is 26.0. The third kappa shape index (κ3) is 39.6. The van der Waals surface area contributed by atoms with E-state index >= 15 is 0 Å². The molecule has 0 radical (unpaired) electrons. The highest BCUT2D eigenvalue weighted by Gasteiger charge is 2.21. The molecule has 2 atom stereocenters. The van der Waals surface area contributed by atoms with Crippen molar-refractivity contribution in [1.29, 1.82) is 0 Å². The molecule has 0 spiro atoms. The van der Waals surface area contributed by atoms with Crippen molar-refractivity contribution in [3.8, 4) is 0 Å². The Balaban J connectivity index is 4.49. The summed E-state index contributed by atoms with van der Waals surface area (Å²) < 4.78 is 33.7. The molecule has 0 aliphatic carbocycles. The number of esters is 2. The zero-order chi connectivity index (χ0) is 40.0. The molecule has 0 rings (SSSR count). The average molecular weight is 784 g/mol. The summed E-state index contributed by atoms with van der Waals surface area (Å²) in [5.41, 5.74) is 0. The Labute approximate surface area is 329 Å². The molecule has 11 heteroatoms. The molecule has 0 saturated heterocycles. The van der Waals surface area contributed by atoms with Gasteiger partial charge in [-0.3, -0.25) is 14.2 Å². The summed E-state index contributed by atoms with van der Waals surface area (Å²) in [7, 11) is 1.11. The van der Waals surface area contributed by atoms with Crippen LogP contribution in [-0.4, -0.2) is 81.7 Å². The number of allylic oxidation sites excluding steroid dienone is 8. The van der Waals surface area contributed by atoms with Crippen LogP contribution < -0.4 is 4.89 Å². The SMILES string of the molecule is CCCCCCCCCCCCCCC(=O)OCC(COP(=O)([O-])OCC[N+](C)(C)C)OC(=O)CCC/C=C\C/C=C\C/C=C\C/C=C\CCCCCO. The van der Waals surface area contributed by atoms with E-state index in [1.54, 1.807) is 0 Å². The Kier molecular flexibility index (Phi) is 35.2. The van der Waals surface area contributed by atoms with E-state index in [0.717, 1.165) is 64.2 Å². The Hall–Kier alpha value is -2.07. The Bertz CT molecular complexity index is 1070. The minimum atomic E-state index is -4.64. The van der Waals surface area contributed by atoms with Gasteiger partial charge >= 0.3 is 11.9 Å². The van der Waals surface area contributed by atoms with Crippen molar-refractivity contribution >= 4 is 19.8 Å². The van der Waals surface area contributed by atoms with Crippen molar-refractivity contribution in [3.05, 3.63) is 48.6 Å². The number of likely N-dealkylation sites (N-methyl/N-ethyl adjacent to an activating group) is 1. The molecule has 0 fully saturated rings. The second-order valence-corrected chi connectivity index (χ2v) is 16.5. The van der Waals surface area contributed by atoms with E-state index in [9.17, 15) is 19.0 Å². The molecule has 1 N–H and O–H groups in total. The van der Waals surface area contributed by atoms with E-state index in [1.165, 1.54) is 57.8 Å². The highest BCUT2D eigenvalue weighted by atomic mass is 31.2. The number of unbranched alkanes of at least 4 members (excludes halogenated alkanes) is 15. The van der Waals surface area contributed by atoms with Gasteiger partial charge in [-0.1, -0.05) is 133 Å². The van der Waals surface area contributed by atoms with Gasteiger partial charge < -0.3 is 33.0 Å². The number of carbonyl (C=O) groups excluding carboxylic acids is 2. The van der Waals surface area contributed by atoms with Crippen LogP contribution in [0.15, 0.2) is 48.6 Å². The van der Waals surface area contributed by atoms with Crippen LogP contribution in [0.1, 0.15) is 155 Å². The van der Waals surface area contributed by atoms with Crippen molar-refractivity contribution in [3.63, 3.8) is 0 Å². The van der Waals surface area contributed by atoms with E-state index < -0.39 is 32.5 Å². The summed E-state index contributed by atoms with van der Waals surface area (Å²) in [6.45, 7) is 2.15. The molecular weight excluding hydrogens is 705 g/mol. The van der Waals surface area contributed by atoms with Crippen LogP contribution in [0.4, 0.5) is 0 Å². The van der Waals surface area contributed by atoms with Gasteiger partial charge in [-0.25, -0.2) is 0 Å². The quantitative estimate of drug-likeness (QED) is 0.0214. The van der Waals surface area contributed by atoms with Gasteiger partial charge in [0.2, 0.25) is 0 Å². The molecule has 10 nitrogen and oxygen atoms in total. The zero-order valence-corrected chi connectivity index (χ0v) is 35.5. The van der Waals surface area contributed by atoms with Gasteiger partial charge in [0.05, 0.1) is 27.7 Å². The Morgan fingerprint density at radius 2 is 1.11 bits per heavy atom. The normalized spacial score (nSPS) is 14.1. The first-order valence-electron chi connectivity index (χ1n) is 21.0. The van der Waals surface area contributed by atoms with Crippen molar-refractivity contribution in [1.82, 2.24) is 0 Å². The summed E-state index contributed by atoms with van der Waals surface area (Å²) in [4.78, 5) is 37.4. The molecule has 54 heavy (non-hydrogen) atoms. The maximum Gasteiger partial charge on any atom is 0.306 e. The lowest BCUT2D eigenvalue weighted by molar-refractivity contribution is -0.870. The predicted molar refractivity (Wildman–Crippen MR) is 219 cm³/mol. The highest BCUT2D eigenvalue weighted by Crippen LogP contribution is 2.38. The fourth-order valence-electron chi connectivity index (χ4n) is 5.33. The molecule has 0 saturated carbocycles. The number of phosphoric ester groups is 1. The number of quaternary nitrogens is 1. The van der Waals surface area contributed by atoms with Gasteiger partial charge in [0.1, 0.15) is 19.8 Å². The number of nitrogens with zero attached hydrogens (tertiary/aromatic N) is 1. The number of aliphatic hydroxyl groups excluding tert-OH is 1. The number of ether oxygens (including phenoxy) is 2. The molecule has 0 aromatic carbocycles. The maximum atomic E-state index is 12.6. The lowest BCUT2D eigenvalue weighted by Gasteiger charge is -2.28. The molecule has 0 aliphatic heterocycles. The van der Waals surface area contributed by atoms with Crippen LogP contribution in [0.2, 0.25) is 0 Å². The number of carbonyl (C=O) groups is 2. The van der Waals surface area contributed by atoms with Gasteiger partial charge in [-0.15, -0.1) is 0 Å². The third-order valence-corrected chi connectivity index (χ3v) is 9.62. The van der Waals surface area contributed by atoms with Crippen molar-refractivity contribution in [2.75, 3.05) is 54.1 Å². The van der Waals surface area contributed by atoms with Crippen LogP contribution >= 0.6 is 7.82 Å². The first-order valence-corrected chi connectivity index (χ1v) is 22.4.